The molecule has 0 atom stereocenters. The lowest BCUT2D eigenvalue weighted by Crippen LogP contribution is -2.35. The third-order valence-electron chi connectivity index (χ3n) is 2.10. The van der Waals surface area contributed by atoms with E-state index in [1.54, 1.807) is 0 Å². The highest BCUT2D eigenvalue weighted by atomic mass is 16.5. The van der Waals surface area contributed by atoms with Gasteiger partial charge in [0.15, 0.2) is 0 Å². The maximum absolute atomic E-state index is 10.8. The molecule has 0 aromatic carbocycles. The number of hydrogen-bond donors (Lipinski definition) is 1. The molecule has 1 aliphatic rings. The second-order valence-corrected chi connectivity index (χ2v) is 2.79. The fraction of sp³-hybridized carbons (Fsp3) is 0.857. The van der Waals surface area contributed by atoms with Crippen LogP contribution in [0.1, 0.15) is 12.8 Å². The molecular formula is C7H13NO2. The van der Waals surface area contributed by atoms with E-state index in [4.69, 9.17) is 5.73 Å². The first-order valence-electron chi connectivity index (χ1n) is 3.55. The molecule has 0 heterocycles. The fourth-order valence-corrected chi connectivity index (χ4v) is 1.29. The van der Waals surface area contributed by atoms with Gasteiger partial charge in [0, 0.05) is 0 Å². The maximum Gasteiger partial charge on any atom is 0.308 e. The van der Waals surface area contributed by atoms with Gasteiger partial charge in [-0.25, -0.2) is 0 Å². The summed E-state index contributed by atoms with van der Waals surface area (Å²) in [5, 5.41) is 0. The van der Waals surface area contributed by atoms with Gasteiger partial charge in [-0.15, -0.1) is 0 Å². The maximum atomic E-state index is 10.8. The number of nitrogens with two attached hydrogens (primary N) is 1. The summed E-state index contributed by atoms with van der Waals surface area (Å²) in [6, 6.07) is 0. The molecule has 0 aliphatic heterocycles. The summed E-state index contributed by atoms with van der Waals surface area (Å²) in [5.74, 6) is 0.618. The topological polar surface area (TPSA) is 52.3 Å². The lowest BCUT2D eigenvalue weighted by Gasteiger charge is -2.31. The second-order valence-electron chi connectivity index (χ2n) is 2.79. The monoisotopic (exact) mass is 143 g/mol. The molecule has 0 unspecified atom stereocenters. The van der Waals surface area contributed by atoms with Gasteiger partial charge in [0.2, 0.25) is 0 Å². The minimum absolute atomic E-state index is 0.0790. The number of hydrogen-bond acceptors (Lipinski definition) is 3. The highest BCUT2D eigenvalue weighted by Crippen LogP contribution is 2.33. The van der Waals surface area contributed by atoms with Gasteiger partial charge in [0.25, 0.3) is 0 Å². The third kappa shape index (κ3) is 1.29. The van der Waals surface area contributed by atoms with Crippen LogP contribution >= 0.6 is 0 Å². The summed E-state index contributed by atoms with van der Waals surface area (Å²) in [7, 11) is 1.43. The highest BCUT2D eigenvalue weighted by Gasteiger charge is 2.33. The summed E-state index contributed by atoms with van der Waals surface area (Å²) in [4.78, 5) is 10.8. The number of methoxy groups -OCH3 is 1. The van der Waals surface area contributed by atoms with Gasteiger partial charge >= 0.3 is 5.97 Å². The molecule has 0 spiro atoms. The molecule has 0 aromatic rings. The first-order chi connectivity index (χ1) is 4.77. The molecule has 3 heteroatoms. The van der Waals surface area contributed by atoms with Crippen LogP contribution in [-0.4, -0.2) is 19.6 Å². The van der Waals surface area contributed by atoms with Crippen LogP contribution in [0, 0.1) is 11.8 Å². The molecule has 1 aliphatic carbocycles. The number of carbonyl (C=O) groups is 1. The van der Waals surface area contributed by atoms with E-state index >= 15 is 0 Å². The van der Waals surface area contributed by atoms with Crippen LogP contribution in [0.3, 0.4) is 0 Å². The summed E-state index contributed by atoms with van der Waals surface area (Å²) in [5.41, 5.74) is 5.39. The van der Waals surface area contributed by atoms with E-state index in [1.807, 2.05) is 0 Å². The van der Waals surface area contributed by atoms with E-state index in [0.717, 1.165) is 12.8 Å². The lowest BCUT2D eigenvalue weighted by molar-refractivity contribution is -0.149. The van der Waals surface area contributed by atoms with Crippen LogP contribution in [0.25, 0.3) is 0 Å². The van der Waals surface area contributed by atoms with Crippen molar-refractivity contribution in [2.75, 3.05) is 13.7 Å². The van der Waals surface area contributed by atoms with Crippen molar-refractivity contribution >= 4 is 5.97 Å². The van der Waals surface area contributed by atoms with Crippen molar-refractivity contribution in [2.24, 2.45) is 17.6 Å². The van der Waals surface area contributed by atoms with E-state index in [-0.39, 0.29) is 11.9 Å². The van der Waals surface area contributed by atoms with Crippen molar-refractivity contribution in [3.8, 4) is 0 Å². The molecular weight excluding hydrogens is 130 g/mol. The first-order valence-corrected chi connectivity index (χ1v) is 3.55. The molecule has 0 amide bonds. The largest absolute Gasteiger partial charge is 0.469 e. The van der Waals surface area contributed by atoms with Gasteiger partial charge in [0.05, 0.1) is 13.0 Å². The molecule has 0 bridgehead atoms. The average Bonchev–Trinajstić information content (AvgIpc) is 1.85. The fourth-order valence-electron chi connectivity index (χ4n) is 1.29. The molecule has 0 aromatic heterocycles. The molecule has 0 saturated heterocycles. The van der Waals surface area contributed by atoms with Crippen LogP contribution in [0.2, 0.25) is 0 Å². The molecule has 10 heavy (non-hydrogen) atoms. The van der Waals surface area contributed by atoms with E-state index in [1.165, 1.54) is 7.11 Å². The Morgan fingerprint density at radius 3 is 2.70 bits per heavy atom. The van der Waals surface area contributed by atoms with Gasteiger partial charge in [-0.1, -0.05) is 0 Å². The summed E-state index contributed by atoms with van der Waals surface area (Å²) in [6.07, 6.45) is 1.84. The molecule has 3 nitrogen and oxygen atoms in total. The van der Waals surface area contributed by atoms with Gasteiger partial charge in [-0.2, -0.15) is 0 Å². The van der Waals surface area contributed by atoms with Crippen molar-refractivity contribution in [3.63, 3.8) is 0 Å². The summed E-state index contributed by atoms with van der Waals surface area (Å²) >= 11 is 0. The van der Waals surface area contributed by atoms with E-state index in [2.05, 4.69) is 4.74 Å². The van der Waals surface area contributed by atoms with E-state index < -0.39 is 0 Å². The third-order valence-corrected chi connectivity index (χ3v) is 2.10. The summed E-state index contributed by atoms with van der Waals surface area (Å²) < 4.78 is 4.57. The van der Waals surface area contributed by atoms with Crippen molar-refractivity contribution < 1.29 is 9.53 Å². The van der Waals surface area contributed by atoms with Gasteiger partial charge in [0.1, 0.15) is 0 Å². The molecule has 1 rings (SSSR count). The van der Waals surface area contributed by atoms with Crippen LogP contribution in [-0.2, 0) is 9.53 Å². The zero-order valence-corrected chi connectivity index (χ0v) is 6.17. The Hall–Kier alpha value is -0.570. The number of ether oxygens (including phenoxy) is 1. The zero-order valence-electron chi connectivity index (χ0n) is 6.17. The minimum Gasteiger partial charge on any atom is -0.469 e. The standard InChI is InChI=1S/C7H13NO2/c1-10-7(9)6-2-5(3-6)4-8/h5-6H,2-4,8H2,1H3. The smallest absolute Gasteiger partial charge is 0.308 e. The van der Waals surface area contributed by atoms with Crippen LogP contribution in [0.5, 0.6) is 0 Å². The SMILES string of the molecule is COC(=O)C1CC(CN)C1. The Labute approximate surface area is 60.5 Å². The highest BCUT2D eigenvalue weighted by molar-refractivity contribution is 5.73. The molecule has 2 N–H and O–H groups in total. The predicted molar refractivity (Wildman–Crippen MR) is 37.3 cm³/mol. The Kier molecular flexibility index (Phi) is 2.27. The Balaban J connectivity index is 2.19. The molecule has 0 radical (unpaired) electrons. The molecule has 1 fully saturated rings. The Morgan fingerprint density at radius 1 is 1.70 bits per heavy atom. The van der Waals surface area contributed by atoms with E-state index in [9.17, 15) is 4.79 Å². The average molecular weight is 143 g/mol. The second kappa shape index (κ2) is 3.01. The van der Waals surface area contributed by atoms with Crippen molar-refractivity contribution in [1.29, 1.82) is 0 Å². The predicted octanol–water partition coefficient (Wildman–Crippen LogP) is 0.144. The van der Waals surface area contributed by atoms with Crippen LogP contribution < -0.4 is 5.73 Å². The zero-order chi connectivity index (χ0) is 7.56. The number of rotatable bonds is 2. The summed E-state index contributed by atoms with van der Waals surface area (Å²) in [6.45, 7) is 0.702. The molecule has 1 saturated carbocycles. The Morgan fingerprint density at radius 2 is 2.30 bits per heavy atom. The van der Waals surface area contributed by atoms with Crippen LogP contribution in [0.4, 0.5) is 0 Å². The minimum atomic E-state index is -0.0790. The normalized spacial score (nSPS) is 31.0. The van der Waals surface area contributed by atoms with E-state index in [0.29, 0.717) is 12.5 Å². The Bertz CT molecular complexity index is 130. The van der Waals surface area contributed by atoms with Crippen molar-refractivity contribution in [1.82, 2.24) is 0 Å². The van der Waals surface area contributed by atoms with Gasteiger partial charge in [-0.3, -0.25) is 4.79 Å². The van der Waals surface area contributed by atoms with Gasteiger partial charge < -0.3 is 10.5 Å². The van der Waals surface area contributed by atoms with Crippen molar-refractivity contribution in [3.05, 3.63) is 0 Å². The quantitative estimate of drug-likeness (QED) is 0.559. The number of carbonyl (C=O) groups excluding carboxylic acids is 1. The number of esters is 1. The first kappa shape index (κ1) is 7.54. The molecule has 58 valence electrons. The van der Waals surface area contributed by atoms with Crippen LogP contribution in [0.15, 0.2) is 0 Å². The van der Waals surface area contributed by atoms with Crippen molar-refractivity contribution in [2.45, 2.75) is 12.8 Å². The lowest BCUT2D eigenvalue weighted by atomic mass is 9.75. The van der Waals surface area contributed by atoms with Gasteiger partial charge in [-0.05, 0) is 25.3 Å².